The second kappa shape index (κ2) is 12.5. The van der Waals surface area contributed by atoms with Crippen molar-refractivity contribution >= 4 is 22.8 Å². The van der Waals surface area contributed by atoms with E-state index in [1.807, 2.05) is 11.6 Å². The zero-order valence-electron chi connectivity index (χ0n) is 25.6. The van der Waals surface area contributed by atoms with Gasteiger partial charge in [-0.25, -0.2) is 19.0 Å². The van der Waals surface area contributed by atoms with E-state index >= 15 is 0 Å². The maximum Gasteiger partial charge on any atom is 0.222 e. The van der Waals surface area contributed by atoms with Gasteiger partial charge in [0, 0.05) is 39.0 Å². The molecule has 3 heterocycles. The molecule has 0 bridgehead atoms. The second-order valence-corrected chi connectivity index (χ2v) is 13.6. The van der Waals surface area contributed by atoms with Gasteiger partial charge in [-0.05, 0) is 61.3 Å². The first kappa shape index (κ1) is 29.5. The van der Waals surface area contributed by atoms with Gasteiger partial charge in [0.15, 0.2) is 5.65 Å². The third-order valence-corrected chi connectivity index (χ3v) is 8.63. The van der Waals surface area contributed by atoms with E-state index < -0.39 is 0 Å². The molecule has 41 heavy (non-hydrogen) atoms. The van der Waals surface area contributed by atoms with Crippen LogP contribution in [0.1, 0.15) is 90.6 Å². The van der Waals surface area contributed by atoms with Gasteiger partial charge in [-0.3, -0.25) is 4.79 Å². The number of aryl methyl sites for hydroxylation is 1. The highest BCUT2D eigenvalue weighted by Crippen LogP contribution is 2.32. The first-order valence-corrected chi connectivity index (χ1v) is 15.6. The molecule has 1 saturated carbocycles. The number of aromatic nitrogens is 4. The van der Waals surface area contributed by atoms with E-state index in [2.05, 4.69) is 37.5 Å². The van der Waals surface area contributed by atoms with Crippen LogP contribution in [0.4, 0.5) is 10.2 Å². The van der Waals surface area contributed by atoms with Gasteiger partial charge < -0.3 is 9.80 Å². The van der Waals surface area contributed by atoms with Crippen molar-refractivity contribution in [2.45, 2.75) is 92.4 Å². The van der Waals surface area contributed by atoms with E-state index in [9.17, 15) is 9.18 Å². The summed E-state index contributed by atoms with van der Waals surface area (Å²) in [6.45, 7) is 13.9. The van der Waals surface area contributed by atoms with Gasteiger partial charge in [0.05, 0.1) is 16.8 Å². The monoisotopic (exact) mass is 562 g/mol. The number of carbonyl (C=O) groups is 1. The number of benzene rings is 1. The molecule has 1 aliphatic heterocycles. The molecular weight excluding hydrogens is 515 g/mol. The first-order chi connectivity index (χ1) is 19.6. The van der Waals surface area contributed by atoms with Gasteiger partial charge in [-0.1, -0.05) is 59.8 Å². The summed E-state index contributed by atoms with van der Waals surface area (Å²) in [5.41, 5.74) is 2.64. The number of hydrogen-bond donors (Lipinski definition) is 0. The first-order valence-electron chi connectivity index (χ1n) is 15.6. The Balaban J connectivity index is 1.43. The predicted molar refractivity (Wildman–Crippen MR) is 163 cm³/mol. The van der Waals surface area contributed by atoms with Crippen LogP contribution in [0.5, 0.6) is 0 Å². The third kappa shape index (κ3) is 7.25. The quantitative estimate of drug-likeness (QED) is 0.314. The van der Waals surface area contributed by atoms with Crippen LogP contribution in [-0.4, -0.2) is 56.7 Å². The van der Waals surface area contributed by atoms with E-state index in [1.54, 1.807) is 12.1 Å². The highest BCUT2D eigenvalue weighted by Gasteiger charge is 2.27. The van der Waals surface area contributed by atoms with Gasteiger partial charge in [0.1, 0.15) is 17.5 Å². The van der Waals surface area contributed by atoms with Gasteiger partial charge in [0.2, 0.25) is 5.91 Å². The van der Waals surface area contributed by atoms with E-state index in [4.69, 9.17) is 15.1 Å². The molecule has 2 fully saturated rings. The molecule has 1 aromatic carbocycles. The summed E-state index contributed by atoms with van der Waals surface area (Å²) in [4.78, 5) is 27.9. The largest absolute Gasteiger partial charge is 0.354 e. The smallest absolute Gasteiger partial charge is 0.222 e. The lowest BCUT2D eigenvalue weighted by atomic mass is 9.84. The van der Waals surface area contributed by atoms with E-state index in [1.165, 1.54) is 44.2 Å². The number of halogens is 1. The summed E-state index contributed by atoms with van der Waals surface area (Å²) in [7, 11) is 0. The Morgan fingerprint density at radius 1 is 1.00 bits per heavy atom. The summed E-state index contributed by atoms with van der Waals surface area (Å²) >= 11 is 0. The molecule has 1 unspecified atom stereocenters. The fourth-order valence-corrected chi connectivity index (χ4v) is 6.86. The van der Waals surface area contributed by atoms with E-state index in [-0.39, 0.29) is 17.1 Å². The van der Waals surface area contributed by atoms with Crippen molar-refractivity contribution in [3.05, 3.63) is 41.6 Å². The molecule has 5 rings (SSSR count). The van der Waals surface area contributed by atoms with Crippen molar-refractivity contribution in [2.75, 3.05) is 31.1 Å². The lowest BCUT2D eigenvalue weighted by Crippen LogP contribution is -2.36. The second-order valence-electron chi connectivity index (χ2n) is 13.6. The van der Waals surface area contributed by atoms with Crippen LogP contribution < -0.4 is 4.90 Å². The standard InChI is InChI=1S/C33H47FN6O/c1-23(22-33(3,4)5)20-29(41)38-16-9-17-39(19-18-38)31-30-24(2)37-40(27-14-12-26(34)13-15-27)32(30)36-28(35-31)21-25-10-7-6-8-11-25/h12-15,23,25H,6-11,16-22H2,1-5H3. The average molecular weight is 563 g/mol. The van der Waals surface area contributed by atoms with Crippen molar-refractivity contribution in [3.8, 4) is 5.69 Å². The maximum atomic E-state index is 13.7. The number of amides is 1. The molecule has 3 aromatic rings. The Bertz CT molecular complexity index is 1340. The summed E-state index contributed by atoms with van der Waals surface area (Å²) in [5, 5.41) is 5.81. The molecule has 0 N–H and O–H groups in total. The summed E-state index contributed by atoms with van der Waals surface area (Å²) < 4.78 is 15.6. The SMILES string of the molecule is Cc1nn(-c2ccc(F)cc2)c2nc(CC3CCCCC3)nc(N3CCCN(C(=O)CC(C)CC(C)(C)C)CC3)c12. The molecular formula is C33H47FN6O. The zero-order valence-corrected chi connectivity index (χ0v) is 25.6. The van der Waals surface area contributed by atoms with Gasteiger partial charge in [-0.2, -0.15) is 5.10 Å². The van der Waals surface area contributed by atoms with Gasteiger partial charge >= 0.3 is 0 Å². The van der Waals surface area contributed by atoms with Crippen LogP contribution in [-0.2, 0) is 11.2 Å². The van der Waals surface area contributed by atoms with E-state index in [0.29, 0.717) is 24.8 Å². The van der Waals surface area contributed by atoms with E-state index in [0.717, 1.165) is 73.0 Å². The predicted octanol–water partition coefficient (Wildman–Crippen LogP) is 6.89. The van der Waals surface area contributed by atoms with Crippen LogP contribution in [0.3, 0.4) is 0 Å². The highest BCUT2D eigenvalue weighted by atomic mass is 19.1. The van der Waals surface area contributed by atoms with Crippen LogP contribution in [0.2, 0.25) is 0 Å². The molecule has 0 spiro atoms. The number of anilines is 1. The third-order valence-electron chi connectivity index (χ3n) is 8.63. The molecule has 2 aliphatic rings. The lowest BCUT2D eigenvalue weighted by molar-refractivity contribution is -0.132. The van der Waals surface area contributed by atoms with Crippen molar-refractivity contribution in [2.24, 2.45) is 17.3 Å². The summed E-state index contributed by atoms with van der Waals surface area (Å²) in [6.07, 6.45) is 9.71. The van der Waals surface area contributed by atoms with Crippen LogP contribution >= 0.6 is 0 Å². The van der Waals surface area contributed by atoms with Crippen LogP contribution in [0.15, 0.2) is 24.3 Å². The summed E-state index contributed by atoms with van der Waals surface area (Å²) in [6, 6.07) is 6.43. The minimum atomic E-state index is -0.272. The molecule has 1 amide bonds. The number of rotatable bonds is 7. The number of hydrogen-bond acceptors (Lipinski definition) is 5. The average Bonchev–Trinajstić information content (AvgIpc) is 3.08. The van der Waals surface area contributed by atoms with Gasteiger partial charge in [-0.15, -0.1) is 0 Å². The molecule has 222 valence electrons. The Kier molecular flexibility index (Phi) is 8.95. The molecule has 0 radical (unpaired) electrons. The van der Waals surface area contributed by atoms with Crippen molar-refractivity contribution in [1.82, 2.24) is 24.6 Å². The lowest BCUT2D eigenvalue weighted by Gasteiger charge is -2.27. The van der Waals surface area contributed by atoms with Gasteiger partial charge in [0.25, 0.3) is 0 Å². The highest BCUT2D eigenvalue weighted by molar-refractivity contribution is 5.91. The number of carbonyl (C=O) groups excluding carboxylic acids is 1. The molecule has 7 nitrogen and oxygen atoms in total. The minimum Gasteiger partial charge on any atom is -0.354 e. The maximum absolute atomic E-state index is 13.7. The fourth-order valence-electron chi connectivity index (χ4n) is 6.86. The van der Waals surface area contributed by atoms with Crippen LogP contribution in [0, 0.1) is 30.0 Å². The molecule has 1 aliphatic carbocycles. The molecule has 1 saturated heterocycles. The topological polar surface area (TPSA) is 67.2 Å². The molecule has 2 aromatic heterocycles. The van der Waals surface area contributed by atoms with Crippen LogP contribution in [0.25, 0.3) is 16.7 Å². The Morgan fingerprint density at radius 3 is 2.44 bits per heavy atom. The Labute approximate surface area is 244 Å². The fraction of sp³-hybridized carbons (Fsp3) is 0.636. The number of fused-ring (bicyclic) bond motifs is 1. The minimum absolute atomic E-state index is 0.221. The Hall–Kier alpha value is -3.03. The summed E-state index contributed by atoms with van der Waals surface area (Å²) in [5.74, 6) is 2.73. The van der Waals surface area contributed by atoms with Crippen molar-refractivity contribution < 1.29 is 9.18 Å². The number of nitrogens with zero attached hydrogens (tertiary/aromatic N) is 6. The molecule has 1 atom stereocenters. The van der Waals surface area contributed by atoms with Crippen molar-refractivity contribution in [1.29, 1.82) is 0 Å². The zero-order chi connectivity index (χ0) is 29.1. The molecule has 8 heteroatoms. The Morgan fingerprint density at radius 2 is 1.73 bits per heavy atom. The normalized spacial score (nSPS) is 18.1. The van der Waals surface area contributed by atoms with Crippen molar-refractivity contribution in [3.63, 3.8) is 0 Å².